The molecule has 0 radical (unpaired) electrons. The van der Waals surface area contributed by atoms with Gasteiger partial charge in [0.1, 0.15) is 17.3 Å². The average molecular weight is 526 g/mol. The molecule has 1 aliphatic heterocycles. The molecule has 9 heteroatoms. The van der Waals surface area contributed by atoms with Crippen molar-refractivity contribution in [1.82, 2.24) is 4.90 Å². The minimum Gasteiger partial charge on any atom is -0.507 e. The molecule has 1 unspecified atom stereocenters. The van der Waals surface area contributed by atoms with Crippen LogP contribution in [0.15, 0.2) is 66.2 Å². The van der Waals surface area contributed by atoms with Gasteiger partial charge in [-0.1, -0.05) is 29.8 Å². The summed E-state index contributed by atoms with van der Waals surface area (Å²) in [6.45, 7) is 0.138. The lowest BCUT2D eigenvalue weighted by Crippen LogP contribution is -2.31. The van der Waals surface area contributed by atoms with E-state index in [2.05, 4.69) is 0 Å². The number of Topliss-reactive ketones (excluding diaryl/α,β-unsaturated/α-hetero) is 1. The van der Waals surface area contributed by atoms with Crippen molar-refractivity contribution in [3.63, 3.8) is 0 Å². The van der Waals surface area contributed by atoms with Crippen LogP contribution in [0.5, 0.6) is 17.2 Å². The van der Waals surface area contributed by atoms with Crippen molar-refractivity contribution in [2.24, 2.45) is 0 Å². The summed E-state index contributed by atoms with van der Waals surface area (Å²) in [7, 11) is 4.40. The molecule has 1 heterocycles. The summed E-state index contributed by atoms with van der Waals surface area (Å²) in [5, 5.41) is 11.7. The predicted molar refractivity (Wildman–Crippen MR) is 137 cm³/mol. The number of nitrogens with zero attached hydrogens (tertiary/aromatic N) is 1. The molecule has 1 atom stereocenters. The number of likely N-dealkylation sites (tertiary alicyclic amines) is 1. The van der Waals surface area contributed by atoms with Crippen molar-refractivity contribution < 1.29 is 33.3 Å². The van der Waals surface area contributed by atoms with Crippen molar-refractivity contribution in [3.8, 4) is 17.2 Å². The summed E-state index contributed by atoms with van der Waals surface area (Å²) in [6, 6.07) is 14.6. The highest BCUT2D eigenvalue weighted by Gasteiger charge is 2.46. The third kappa shape index (κ3) is 5.11. The van der Waals surface area contributed by atoms with E-state index in [0.29, 0.717) is 28.5 Å². The van der Waals surface area contributed by atoms with Crippen LogP contribution in [-0.4, -0.2) is 49.6 Å². The molecule has 1 saturated heterocycles. The van der Waals surface area contributed by atoms with Gasteiger partial charge in [-0.2, -0.15) is 0 Å². The van der Waals surface area contributed by atoms with E-state index < -0.39 is 23.5 Å². The summed E-state index contributed by atoms with van der Waals surface area (Å²) in [6.07, 6.45) is 0.359. The number of carbonyl (C=O) groups excluding carboxylic acids is 2. The zero-order valence-corrected chi connectivity index (χ0v) is 21.2. The van der Waals surface area contributed by atoms with Crippen LogP contribution < -0.4 is 14.2 Å². The first-order valence-corrected chi connectivity index (χ1v) is 11.8. The molecule has 0 saturated carbocycles. The molecule has 37 heavy (non-hydrogen) atoms. The van der Waals surface area contributed by atoms with E-state index in [0.717, 1.165) is 5.56 Å². The van der Waals surface area contributed by atoms with E-state index in [1.54, 1.807) is 42.5 Å². The van der Waals surface area contributed by atoms with Crippen LogP contribution in [0.25, 0.3) is 5.76 Å². The van der Waals surface area contributed by atoms with Crippen LogP contribution in [-0.2, 0) is 16.0 Å². The van der Waals surface area contributed by atoms with Gasteiger partial charge in [0.15, 0.2) is 11.5 Å². The fourth-order valence-electron chi connectivity index (χ4n) is 4.39. The van der Waals surface area contributed by atoms with E-state index in [1.165, 1.54) is 44.4 Å². The molecule has 3 aromatic carbocycles. The zero-order chi connectivity index (χ0) is 26.7. The van der Waals surface area contributed by atoms with Crippen LogP contribution in [0.1, 0.15) is 22.7 Å². The third-order valence-corrected chi connectivity index (χ3v) is 6.47. The topological polar surface area (TPSA) is 85.3 Å². The summed E-state index contributed by atoms with van der Waals surface area (Å²) in [4.78, 5) is 28.0. The highest BCUT2D eigenvalue weighted by Crippen LogP contribution is 2.43. The number of aliphatic hydroxyl groups excluding tert-OH is 1. The summed E-state index contributed by atoms with van der Waals surface area (Å²) < 4.78 is 29.5. The van der Waals surface area contributed by atoms with Gasteiger partial charge in [0.05, 0.1) is 38.5 Å². The van der Waals surface area contributed by atoms with Crippen molar-refractivity contribution in [1.29, 1.82) is 0 Å². The number of aliphatic hydroxyl groups is 1. The van der Waals surface area contributed by atoms with E-state index >= 15 is 0 Å². The number of benzene rings is 3. The van der Waals surface area contributed by atoms with Crippen molar-refractivity contribution >= 4 is 29.1 Å². The molecule has 4 rings (SSSR count). The summed E-state index contributed by atoms with van der Waals surface area (Å²) in [5.41, 5.74) is 1.37. The highest BCUT2D eigenvalue weighted by atomic mass is 35.5. The molecule has 1 fully saturated rings. The average Bonchev–Trinajstić information content (AvgIpc) is 3.16. The monoisotopic (exact) mass is 525 g/mol. The summed E-state index contributed by atoms with van der Waals surface area (Å²) in [5.74, 6) is -1.27. The molecular weight excluding hydrogens is 501 g/mol. The number of ether oxygens (including phenoxy) is 3. The second-order valence-corrected chi connectivity index (χ2v) is 8.76. The van der Waals surface area contributed by atoms with Crippen LogP contribution in [0.2, 0.25) is 5.02 Å². The Hall–Kier alpha value is -4.04. The number of amides is 1. The molecule has 0 aromatic heterocycles. The van der Waals surface area contributed by atoms with Gasteiger partial charge < -0.3 is 24.2 Å². The number of hydrogen-bond acceptors (Lipinski definition) is 6. The Kier molecular flexibility index (Phi) is 7.69. The molecule has 0 aliphatic carbocycles. The van der Waals surface area contributed by atoms with Crippen LogP contribution in [0.3, 0.4) is 0 Å². The maximum absolute atomic E-state index is 13.4. The molecule has 0 spiro atoms. The molecule has 1 amide bonds. The maximum Gasteiger partial charge on any atom is 0.295 e. The van der Waals surface area contributed by atoms with Crippen molar-refractivity contribution in [3.05, 3.63) is 93.8 Å². The number of methoxy groups -OCH3 is 3. The van der Waals surface area contributed by atoms with Crippen molar-refractivity contribution in [2.75, 3.05) is 27.9 Å². The summed E-state index contributed by atoms with van der Waals surface area (Å²) >= 11 is 6.16. The molecule has 0 bridgehead atoms. The minimum absolute atomic E-state index is 0.114. The quantitative estimate of drug-likeness (QED) is 0.248. The number of ketones is 1. The lowest BCUT2D eigenvalue weighted by atomic mass is 9.94. The smallest absolute Gasteiger partial charge is 0.295 e. The molecule has 7 nitrogen and oxygen atoms in total. The van der Waals surface area contributed by atoms with E-state index in [1.807, 2.05) is 0 Å². The fraction of sp³-hybridized carbons (Fsp3) is 0.214. The van der Waals surface area contributed by atoms with Gasteiger partial charge in [-0.3, -0.25) is 9.59 Å². The van der Waals surface area contributed by atoms with Crippen LogP contribution in [0.4, 0.5) is 4.39 Å². The molecule has 1 N–H and O–H groups in total. The van der Waals surface area contributed by atoms with Gasteiger partial charge in [-0.15, -0.1) is 0 Å². The highest BCUT2D eigenvalue weighted by molar-refractivity contribution is 6.46. The van der Waals surface area contributed by atoms with Gasteiger partial charge in [0.2, 0.25) is 0 Å². The zero-order valence-electron chi connectivity index (χ0n) is 20.5. The Morgan fingerprint density at radius 1 is 0.919 bits per heavy atom. The molecule has 1 aliphatic rings. The third-order valence-electron chi connectivity index (χ3n) is 6.23. The molecule has 3 aromatic rings. The maximum atomic E-state index is 13.4. The number of carbonyl (C=O) groups is 2. The Labute approximate surface area is 218 Å². The molecule has 192 valence electrons. The largest absolute Gasteiger partial charge is 0.507 e. The number of hydrogen-bond donors (Lipinski definition) is 1. The van der Waals surface area contributed by atoms with Gasteiger partial charge >= 0.3 is 0 Å². The fourth-order valence-corrected chi connectivity index (χ4v) is 4.56. The van der Waals surface area contributed by atoms with Gasteiger partial charge in [-0.05, 0) is 60.0 Å². The van der Waals surface area contributed by atoms with Crippen LogP contribution in [0, 0.1) is 5.82 Å². The lowest BCUT2D eigenvalue weighted by molar-refractivity contribution is -0.139. The first-order valence-electron chi connectivity index (χ1n) is 11.4. The Morgan fingerprint density at radius 3 is 2.22 bits per heavy atom. The SMILES string of the molecule is COc1ccc(C2/C(=C(\O)c3cc(Cl)ccc3OC)C(=O)C(=O)N2CCc2ccc(F)cc2)cc1OC. The number of halogens is 2. The van der Waals surface area contributed by atoms with Gasteiger partial charge in [-0.25, -0.2) is 4.39 Å². The lowest BCUT2D eigenvalue weighted by Gasteiger charge is -2.26. The Balaban J connectivity index is 1.86. The Bertz CT molecular complexity index is 1370. The second-order valence-electron chi connectivity index (χ2n) is 8.33. The Morgan fingerprint density at radius 2 is 1.57 bits per heavy atom. The van der Waals surface area contributed by atoms with E-state index in [9.17, 15) is 19.1 Å². The van der Waals surface area contributed by atoms with Crippen LogP contribution >= 0.6 is 11.6 Å². The first-order chi connectivity index (χ1) is 17.8. The standard InChI is InChI=1S/C28H25ClFNO6/c1-35-21-11-7-18(29)15-20(21)26(32)24-25(17-6-10-22(36-2)23(14-17)37-3)31(28(34)27(24)33)13-12-16-4-8-19(30)9-5-16/h4-11,14-15,25,32H,12-13H2,1-3H3/b26-24+. The van der Waals surface area contributed by atoms with Crippen molar-refractivity contribution in [2.45, 2.75) is 12.5 Å². The van der Waals surface area contributed by atoms with Gasteiger partial charge in [0.25, 0.3) is 11.7 Å². The second kappa shape index (κ2) is 10.9. The first kappa shape index (κ1) is 26.0. The molecular formula is C28H25ClFNO6. The van der Waals surface area contributed by atoms with E-state index in [4.69, 9.17) is 25.8 Å². The minimum atomic E-state index is -0.941. The predicted octanol–water partition coefficient (Wildman–Crippen LogP) is 5.17. The van der Waals surface area contributed by atoms with Gasteiger partial charge in [0, 0.05) is 11.6 Å². The number of rotatable bonds is 8. The van der Waals surface area contributed by atoms with E-state index in [-0.39, 0.29) is 29.2 Å². The normalized spacial score (nSPS) is 16.7.